The van der Waals surface area contributed by atoms with Crippen LogP contribution >= 0.6 is 0 Å². The largest absolute Gasteiger partial charge is 0.444 e. The first kappa shape index (κ1) is 10.7. The van der Waals surface area contributed by atoms with Crippen LogP contribution in [0.5, 0.6) is 0 Å². The molecule has 86 valence electrons. The number of rotatable bonds is 1. The van der Waals surface area contributed by atoms with Crippen molar-refractivity contribution in [1.29, 1.82) is 0 Å². The van der Waals surface area contributed by atoms with Gasteiger partial charge in [-0.05, 0) is 40.0 Å². The second-order valence-corrected chi connectivity index (χ2v) is 5.54. The Balaban J connectivity index is 1.80. The Morgan fingerprint density at radius 2 is 2.13 bits per heavy atom. The van der Waals surface area contributed by atoms with Gasteiger partial charge in [0.05, 0.1) is 0 Å². The molecule has 2 N–H and O–H groups in total. The summed E-state index contributed by atoms with van der Waals surface area (Å²) >= 11 is 0. The minimum atomic E-state index is -0.408. The lowest BCUT2D eigenvalue weighted by Gasteiger charge is -2.25. The summed E-state index contributed by atoms with van der Waals surface area (Å²) in [5.41, 5.74) is -0.408. The van der Waals surface area contributed by atoms with Crippen molar-refractivity contribution < 1.29 is 9.53 Å². The normalized spacial score (nSPS) is 34.2. The molecule has 3 atom stereocenters. The molecule has 0 unspecified atom stereocenters. The van der Waals surface area contributed by atoms with Crippen molar-refractivity contribution in [3.8, 4) is 0 Å². The Labute approximate surface area is 90.8 Å². The van der Waals surface area contributed by atoms with Crippen LogP contribution in [0.2, 0.25) is 0 Å². The van der Waals surface area contributed by atoms with Crippen LogP contribution in [0, 0.1) is 0 Å². The number of carbonyl (C=O) groups is 1. The lowest BCUT2D eigenvalue weighted by molar-refractivity contribution is 0.0497. The molecule has 0 aliphatic carbocycles. The van der Waals surface area contributed by atoms with Gasteiger partial charge >= 0.3 is 6.09 Å². The molecule has 2 bridgehead atoms. The fourth-order valence-corrected chi connectivity index (χ4v) is 2.44. The maximum Gasteiger partial charge on any atom is 0.407 e. The zero-order valence-electron chi connectivity index (χ0n) is 9.67. The van der Waals surface area contributed by atoms with Crippen molar-refractivity contribution in [2.75, 3.05) is 0 Å². The van der Waals surface area contributed by atoms with Crippen LogP contribution in [0.3, 0.4) is 0 Å². The first-order chi connectivity index (χ1) is 6.94. The van der Waals surface area contributed by atoms with Gasteiger partial charge in [-0.1, -0.05) is 0 Å². The van der Waals surface area contributed by atoms with E-state index in [1.807, 2.05) is 20.8 Å². The lowest BCUT2D eigenvalue weighted by atomic mass is 9.96. The van der Waals surface area contributed by atoms with E-state index in [-0.39, 0.29) is 12.1 Å². The topological polar surface area (TPSA) is 50.4 Å². The zero-order valence-corrected chi connectivity index (χ0v) is 9.67. The van der Waals surface area contributed by atoms with Gasteiger partial charge < -0.3 is 15.4 Å². The van der Waals surface area contributed by atoms with Gasteiger partial charge in [0.2, 0.25) is 0 Å². The SMILES string of the molecule is CC(C)(C)OC(=O)N[C@@H]1C[C@@H]2CC[C@H]1N2. The Morgan fingerprint density at radius 3 is 2.60 bits per heavy atom. The highest BCUT2D eigenvalue weighted by molar-refractivity contribution is 5.68. The van der Waals surface area contributed by atoms with Crippen molar-refractivity contribution in [2.24, 2.45) is 0 Å². The molecule has 0 radical (unpaired) electrons. The molecule has 2 rings (SSSR count). The van der Waals surface area contributed by atoms with Gasteiger partial charge in [0.1, 0.15) is 5.60 Å². The fourth-order valence-electron chi connectivity index (χ4n) is 2.44. The molecule has 0 aromatic heterocycles. The average molecular weight is 212 g/mol. The number of hydrogen-bond acceptors (Lipinski definition) is 3. The maximum absolute atomic E-state index is 11.5. The van der Waals surface area contributed by atoms with E-state index >= 15 is 0 Å². The highest BCUT2D eigenvalue weighted by Crippen LogP contribution is 2.28. The lowest BCUT2D eigenvalue weighted by Crippen LogP contribution is -2.45. The second kappa shape index (κ2) is 3.67. The molecule has 0 spiro atoms. The van der Waals surface area contributed by atoms with E-state index in [0.29, 0.717) is 12.1 Å². The molecule has 2 heterocycles. The molecular weight excluding hydrogens is 192 g/mol. The molecule has 2 saturated heterocycles. The van der Waals surface area contributed by atoms with Crippen molar-refractivity contribution >= 4 is 6.09 Å². The second-order valence-electron chi connectivity index (χ2n) is 5.54. The van der Waals surface area contributed by atoms with Gasteiger partial charge in [0.15, 0.2) is 0 Å². The van der Waals surface area contributed by atoms with Crippen LogP contribution < -0.4 is 10.6 Å². The highest BCUT2D eigenvalue weighted by Gasteiger charge is 2.40. The predicted molar refractivity (Wildman–Crippen MR) is 57.7 cm³/mol. The van der Waals surface area contributed by atoms with E-state index in [9.17, 15) is 4.79 Å². The molecule has 0 aromatic carbocycles. The standard InChI is InChI=1S/C11H20N2O2/c1-11(2,3)15-10(14)13-9-6-7-4-5-8(9)12-7/h7-9,12H,4-6H2,1-3H3,(H,13,14)/t7-,8+,9+/m0/s1. The third kappa shape index (κ3) is 2.62. The fraction of sp³-hybridized carbons (Fsp3) is 0.909. The number of hydrogen-bond donors (Lipinski definition) is 2. The van der Waals surface area contributed by atoms with Gasteiger partial charge in [-0.15, -0.1) is 0 Å². The Morgan fingerprint density at radius 1 is 1.40 bits per heavy atom. The number of nitrogens with one attached hydrogen (secondary N) is 2. The van der Waals surface area contributed by atoms with Gasteiger partial charge in [-0.25, -0.2) is 4.79 Å². The van der Waals surface area contributed by atoms with Crippen LogP contribution in [0.1, 0.15) is 40.0 Å². The van der Waals surface area contributed by atoms with Crippen LogP contribution in [0.15, 0.2) is 0 Å². The van der Waals surface area contributed by atoms with Gasteiger partial charge in [-0.3, -0.25) is 0 Å². The van der Waals surface area contributed by atoms with E-state index < -0.39 is 5.60 Å². The molecule has 4 heteroatoms. The summed E-state index contributed by atoms with van der Waals surface area (Å²) in [6.07, 6.45) is 3.17. The molecule has 1 amide bonds. The number of ether oxygens (including phenoxy) is 1. The summed E-state index contributed by atoms with van der Waals surface area (Å²) in [5.74, 6) is 0. The average Bonchev–Trinajstić information content (AvgIpc) is 2.60. The first-order valence-corrected chi connectivity index (χ1v) is 5.69. The van der Waals surface area contributed by atoms with Crippen LogP contribution in [0.25, 0.3) is 0 Å². The molecule has 0 aromatic rings. The maximum atomic E-state index is 11.5. The van der Waals surface area contributed by atoms with Crippen molar-refractivity contribution in [2.45, 2.75) is 63.8 Å². The molecule has 4 nitrogen and oxygen atoms in total. The summed E-state index contributed by atoms with van der Waals surface area (Å²) in [6, 6.07) is 1.33. The Kier molecular flexibility index (Phi) is 2.63. The molecule has 2 fully saturated rings. The molecule has 15 heavy (non-hydrogen) atoms. The number of fused-ring (bicyclic) bond motifs is 2. The molecule has 2 aliphatic heterocycles. The quantitative estimate of drug-likeness (QED) is 0.691. The highest BCUT2D eigenvalue weighted by atomic mass is 16.6. The summed E-state index contributed by atoms with van der Waals surface area (Å²) in [4.78, 5) is 11.5. The van der Waals surface area contributed by atoms with E-state index in [0.717, 1.165) is 6.42 Å². The monoisotopic (exact) mass is 212 g/mol. The summed E-state index contributed by atoms with van der Waals surface area (Å²) in [7, 11) is 0. The van der Waals surface area contributed by atoms with Gasteiger partial charge in [0, 0.05) is 18.1 Å². The van der Waals surface area contributed by atoms with E-state index in [1.165, 1.54) is 12.8 Å². The van der Waals surface area contributed by atoms with E-state index in [1.54, 1.807) is 0 Å². The minimum absolute atomic E-state index is 0.263. The summed E-state index contributed by atoms with van der Waals surface area (Å²) in [5, 5.41) is 6.42. The predicted octanol–water partition coefficient (Wildman–Crippen LogP) is 1.40. The third-order valence-electron chi connectivity index (χ3n) is 3.00. The Hall–Kier alpha value is -0.770. The van der Waals surface area contributed by atoms with E-state index in [2.05, 4.69) is 10.6 Å². The van der Waals surface area contributed by atoms with Crippen LogP contribution in [0.4, 0.5) is 4.79 Å². The molecular formula is C11H20N2O2. The zero-order chi connectivity index (χ0) is 11.1. The molecule has 0 saturated carbocycles. The van der Waals surface area contributed by atoms with Crippen molar-refractivity contribution in [3.05, 3.63) is 0 Å². The van der Waals surface area contributed by atoms with Crippen LogP contribution in [-0.2, 0) is 4.74 Å². The number of carbonyl (C=O) groups excluding carboxylic acids is 1. The third-order valence-corrected chi connectivity index (χ3v) is 3.00. The van der Waals surface area contributed by atoms with E-state index in [4.69, 9.17) is 4.74 Å². The number of alkyl carbamates (subject to hydrolysis) is 1. The Bertz CT molecular complexity index is 260. The van der Waals surface area contributed by atoms with Crippen molar-refractivity contribution in [1.82, 2.24) is 10.6 Å². The first-order valence-electron chi connectivity index (χ1n) is 5.69. The van der Waals surface area contributed by atoms with Crippen LogP contribution in [-0.4, -0.2) is 29.8 Å². The van der Waals surface area contributed by atoms with Crippen molar-refractivity contribution in [3.63, 3.8) is 0 Å². The van der Waals surface area contributed by atoms with Gasteiger partial charge in [0.25, 0.3) is 0 Å². The van der Waals surface area contributed by atoms with Gasteiger partial charge in [-0.2, -0.15) is 0 Å². The molecule has 2 aliphatic rings. The summed E-state index contributed by atoms with van der Waals surface area (Å²) in [6.45, 7) is 5.64. The minimum Gasteiger partial charge on any atom is -0.444 e. The number of amides is 1. The summed E-state index contributed by atoms with van der Waals surface area (Å²) < 4.78 is 5.23. The smallest absolute Gasteiger partial charge is 0.407 e.